The van der Waals surface area contributed by atoms with Gasteiger partial charge in [0.1, 0.15) is 5.69 Å². The first-order valence-corrected chi connectivity index (χ1v) is 9.14. The maximum Gasteiger partial charge on any atom is 0.417 e. The number of amides is 2. The third kappa shape index (κ3) is 6.93. The lowest BCUT2D eigenvalue weighted by molar-refractivity contribution is -0.384. The van der Waals surface area contributed by atoms with Crippen LogP contribution >= 0.6 is 11.6 Å². The van der Waals surface area contributed by atoms with Gasteiger partial charge < -0.3 is 10.6 Å². The molecule has 31 heavy (non-hydrogen) atoms. The van der Waals surface area contributed by atoms with Gasteiger partial charge in [0.05, 0.1) is 28.6 Å². The van der Waals surface area contributed by atoms with E-state index in [4.69, 9.17) is 11.6 Å². The van der Waals surface area contributed by atoms with Crippen molar-refractivity contribution >= 4 is 40.5 Å². The van der Waals surface area contributed by atoms with Gasteiger partial charge in [0, 0.05) is 11.8 Å². The number of nitrogens with zero attached hydrogens (tertiary/aromatic N) is 2. The van der Waals surface area contributed by atoms with Crippen LogP contribution in [0.5, 0.6) is 0 Å². The lowest BCUT2D eigenvalue weighted by Gasteiger charge is -2.17. The molecule has 0 saturated heterocycles. The number of anilines is 2. The number of carbonyl (C=O) groups excluding carboxylic acids is 2. The minimum absolute atomic E-state index is 0.0132. The number of nitro benzene ring substituents is 1. The molecule has 8 nitrogen and oxygen atoms in total. The Kier molecular flexibility index (Phi) is 7.58. The quantitative estimate of drug-likeness (QED) is 0.480. The van der Waals surface area contributed by atoms with Gasteiger partial charge >= 0.3 is 6.18 Å². The third-order valence-electron chi connectivity index (χ3n) is 4.01. The standard InChI is InChI=1S/C19H18ClF3N4O4/c1-11-3-6-15(16(7-11)27(30)31)25-18(29)10-26(2)9-17(28)24-12-4-5-14(20)13(8-12)19(21,22)23/h3-8H,9-10H2,1-2H3,(H,24,28)(H,25,29). The van der Waals surface area contributed by atoms with Crippen molar-refractivity contribution in [3.63, 3.8) is 0 Å². The zero-order valence-corrected chi connectivity index (χ0v) is 17.2. The van der Waals surface area contributed by atoms with Gasteiger partial charge in [-0.1, -0.05) is 17.7 Å². The van der Waals surface area contributed by atoms with Crippen LogP contribution in [0.25, 0.3) is 0 Å². The molecule has 0 fully saturated rings. The molecular formula is C19H18ClF3N4O4. The van der Waals surface area contributed by atoms with Crippen molar-refractivity contribution in [3.05, 3.63) is 62.7 Å². The largest absolute Gasteiger partial charge is 0.417 e. The van der Waals surface area contributed by atoms with E-state index in [2.05, 4.69) is 10.6 Å². The summed E-state index contributed by atoms with van der Waals surface area (Å²) in [6.07, 6.45) is -4.68. The Balaban J connectivity index is 1.96. The summed E-state index contributed by atoms with van der Waals surface area (Å²) in [5, 5.41) is 15.3. The number of hydrogen-bond donors (Lipinski definition) is 2. The first-order valence-electron chi connectivity index (χ1n) is 8.77. The second-order valence-electron chi connectivity index (χ2n) is 6.74. The van der Waals surface area contributed by atoms with Crippen LogP contribution in [0.1, 0.15) is 11.1 Å². The number of halogens is 4. The first-order chi connectivity index (χ1) is 14.4. The van der Waals surface area contributed by atoms with Crippen LogP contribution in [0.15, 0.2) is 36.4 Å². The maximum atomic E-state index is 12.9. The summed E-state index contributed by atoms with van der Waals surface area (Å²) in [5.74, 6) is -1.26. The molecular weight excluding hydrogens is 441 g/mol. The number of likely N-dealkylation sites (N-methyl/N-ethyl adjacent to an activating group) is 1. The molecule has 166 valence electrons. The Morgan fingerprint density at radius 1 is 1.10 bits per heavy atom. The molecule has 0 aliphatic rings. The molecule has 2 rings (SSSR count). The Morgan fingerprint density at radius 3 is 2.29 bits per heavy atom. The topological polar surface area (TPSA) is 105 Å². The van der Waals surface area contributed by atoms with E-state index < -0.39 is 33.5 Å². The van der Waals surface area contributed by atoms with Crippen LogP contribution in [0, 0.1) is 17.0 Å². The van der Waals surface area contributed by atoms with E-state index in [1.165, 1.54) is 30.1 Å². The van der Waals surface area contributed by atoms with Crippen LogP contribution in [-0.2, 0) is 15.8 Å². The number of hydrogen-bond acceptors (Lipinski definition) is 5. The van der Waals surface area contributed by atoms with E-state index in [-0.39, 0.29) is 30.2 Å². The van der Waals surface area contributed by atoms with Crippen LogP contribution in [0.4, 0.5) is 30.2 Å². The van der Waals surface area contributed by atoms with Crippen LogP contribution < -0.4 is 10.6 Å². The van der Waals surface area contributed by atoms with Gasteiger partial charge in [-0.25, -0.2) is 0 Å². The Morgan fingerprint density at radius 2 is 1.71 bits per heavy atom. The van der Waals surface area contributed by atoms with Gasteiger partial charge in [-0.2, -0.15) is 13.2 Å². The Hall–Kier alpha value is -3.18. The summed E-state index contributed by atoms with van der Waals surface area (Å²) < 4.78 is 38.7. The lowest BCUT2D eigenvalue weighted by Crippen LogP contribution is -2.36. The smallest absolute Gasteiger partial charge is 0.325 e. The summed E-state index contributed by atoms with van der Waals surface area (Å²) in [5.41, 5.74) is -0.792. The number of benzene rings is 2. The van der Waals surface area contributed by atoms with E-state index in [0.717, 1.165) is 6.07 Å². The Bertz CT molecular complexity index is 1010. The number of aryl methyl sites for hydroxylation is 1. The summed E-state index contributed by atoms with van der Waals surface area (Å²) in [6, 6.07) is 7.26. The fourth-order valence-corrected chi connectivity index (χ4v) is 2.88. The molecule has 0 aliphatic heterocycles. The van der Waals surface area contributed by atoms with E-state index in [1.807, 2.05) is 0 Å². The van der Waals surface area contributed by atoms with Gasteiger partial charge in [-0.05, 0) is 43.8 Å². The molecule has 0 unspecified atom stereocenters. The SMILES string of the molecule is Cc1ccc(NC(=O)CN(C)CC(=O)Nc2ccc(Cl)c(C(F)(F)F)c2)c([N+](=O)[O-])c1. The van der Waals surface area contributed by atoms with Crippen molar-refractivity contribution in [1.82, 2.24) is 4.90 Å². The highest BCUT2D eigenvalue weighted by atomic mass is 35.5. The Labute approximate surface area is 180 Å². The van der Waals surface area contributed by atoms with Crippen molar-refractivity contribution in [3.8, 4) is 0 Å². The number of nitrogens with one attached hydrogen (secondary N) is 2. The van der Waals surface area contributed by atoms with Gasteiger partial charge in [0.2, 0.25) is 11.8 Å². The van der Waals surface area contributed by atoms with Crippen molar-refractivity contribution < 1.29 is 27.7 Å². The third-order valence-corrected chi connectivity index (χ3v) is 4.34. The minimum atomic E-state index is -4.68. The molecule has 0 aromatic heterocycles. The molecule has 12 heteroatoms. The van der Waals surface area contributed by atoms with Crippen molar-refractivity contribution in [2.75, 3.05) is 30.8 Å². The van der Waals surface area contributed by atoms with Crippen LogP contribution in [0.2, 0.25) is 5.02 Å². The molecule has 0 spiro atoms. The van der Waals surface area contributed by atoms with E-state index in [0.29, 0.717) is 11.6 Å². The monoisotopic (exact) mass is 458 g/mol. The summed E-state index contributed by atoms with van der Waals surface area (Å²) in [7, 11) is 1.44. The number of nitro groups is 1. The highest BCUT2D eigenvalue weighted by Crippen LogP contribution is 2.36. The van der Waals surface area contributed by atoms with Crippen LogP contribution in [-0.4, -0.2) is 41.8 Å². The fourth-order valence-electron chi connectivity index (χ4n) is 2.66. The summed E-state index contributed by atoms with van der Waals surface area (Å²) >= 11 is 5.54. The first kappa shape index (κ1) is 24.1. The lowest BCUT2D eigenvalue weighted by atomic mass is 10.2. The molecule has 2 aromatic carbocycles. The molecule has 2 amide bonds. The van der Waals surface area contributed by atoms with E-state index in [1.54, 1.807) is 13.0 Å². The zero-order valence-electron chi connectivity index (χ0n) is 16.4. The maximum absolute atomic E-state index is 12.9. The highest BCUT2D eigenvalue weighted by molar-refractivity contribution is 6.31. The van der Waals surface area contributed by atoms with E-state index >= 15 is 0 Å². The van der Waals surface area contributed by atoms with Crippen molar-refractivity contribution in [2.45, 2.75) is 13.1 Å². The minimum Gasteiger partial charge on any atom is -0.325 e. The zero-order chi connectivity index (χ0) is 23.3. The van der Waals surface area contributed by atoms with E-state index in [9.17, 15) is 32.9 Å². The van der Waals surface area contributed by atoms with Gasteiger partial charge in [0.25, 0.3) is 5.69 Å². The fraction of sp³-hybridized carbons (Fsp3) is 0.263. The molecule has 0 heterocycles. The molecule has 0 saturated carbocycles. The van der Waals surface area contributed by atoms with Gasteiger partial charge in [0.15, 0.2) is 0 Å². The second-order valence-corrected chi connectivity index (χ2v) is 7.15. The number of alkyl halides is 3. The van der Waals surface area contributed by atoms with Crippen LogP contribution in [0.3, 0.4) is 0 Å². The van der Waals surface area contributed by atoms with Crippen molar-refractivity contribution in [2.24, 2.45) is 0 Å². The molecule has 2 aromatic rings. The molecule has 2 N–H and O–H groups in total. The molecule has 0 aliphatic carbocycles. The number of carbonyl (C=O) groups is 2. The summed E-state index contributed by atoms with van der Waals surface area (Å²) in [6.45, 7) is 1.07. The average Bonchev–Trinajstić information content (AvgIpc) is 2.63. The normalized spacial score (nSPS) is 11.3. The second kappa shape index (κ2) is 9.75. The van der Waals surface area contributed by atoms with Gasteiger partial charge in [-0.3, -0.25) is 24.6 Å². The average molecular weight is 459 g/mol. The number of rotatable bonds is 7. The molecule has 0 atom stereocenters. The predicted octanol–water partition coefficient (Wildman–Crippen LogP) is 4.08. The van der Waals surface area contributed by atoms with Gasteiger partial charge in [-0.15, -0.1) is 0 Å². The van der Waals surface area contributed by atoms with Crippen molar-refractivity contribution in [1.29, 1.82) is 0 Å². The molecule has 0 bridgehead atoms. The highest BCUT2D eigenvalue weighted by Gasteiger charge is 2.33. The molecule has 0 radical (unpaired) electrons. The summed E-state index contributed by atoms with van der Waals surface area (Å²) in [4.78, 5) is 36.1. The predicted molar refractivity (Wildman–Crippen MR) is 109 cm³/mol.